The summed E-state index contributed by atoms with van der Waals surface area (Å²) in [5.41, 5.74) is 0.0867. The second-order valence-corrected chi connectivity index (χ2v) is 3.82. The number of nitro groups is 1. The van der Waals surface area contributed by atoms with Gasteiger partial charge in [0.2, 0.25) is 0 Å². The fraction of sp³-hybridized carbons (Fsp3) is 0.222. The fourth-order valence-corrected chi connectivity index (χ4v) is 1.82. The van der Waals surface area contributed by atoms with E-state index in [2.05, 4.69) is 20.7 Å². The van der Waals surface area contributed by atoms with Crippen molar-refractivity contribution in [2.45, 2.75) is 5.33 Å². The monoisotopic (exact) mass is 307 g/mol. The molecule has 1 rings (SSSR count). The molecule has 0 saturated heterocycles. The van der Waals surface area contributed by atoms with Crippen molar-refractivity contribution in [2.24, 2.45) is 0 Å². The minimum absolute atomic E-state index is 0.0812. The smallest absolute Gasteiger partial charge is 0.344 e. The first-order chi connectivity index (χ1) is 7.51. The summed E-state index contributed by atoms with van der Waals surface area (Å²) in [5.74, 6) is -0.781. The number of esters is 1. The number of alkyl halides is 1. The number of hydrogen-bond donors (Lipinski definition) is 0. The molecule has 0 saturated carbocycles. The summed E-state index contributed by atoms with van der Waals surface area (Å²) in [5, 5.41) is 11.1. The van der Waals surface area contributed by atoms with E-state index in [9.17, 15) is 14.9 Å². The number of ether oxygens (including phenoxy) is 1. The normalized spacial score (nSPS) is 9.94. The predicted molar refractivity (Wildman–Crippen MR) is 62.1 cm³/mol. The van der Waals surface area contributed by atoms with Crippen LogP contribution in [0.5, 0.6) is 0 Å². The zero-order chi connectivity index (χ0) is 12.3. The van der Waals surface area contributed by atoms with Crippen LogP contribution >= 0.6 is 27.5 Å². The van der Waals surface area contributed by atoms with E-state index in [4.69, 9.17) is 11.6 Å². The first kappa shape index (κ1) is 12.9. The second-order valence-electron chi connectivity index (χ2n) is 2.86. The van der Waals surface area contributed by atoms with E-state index >= 15 is 0 Å². The van der Waals surface area contributed by atoms with E-state index < -0.39 is 16.6 Å². The lowest BCUT2D eigenvalue weighted by Gasteiger charge is -2.05. The van der Waals surface area contributed by atoms with Crippen molar-refractivity contribution in [2.75, 3.05) is 7.11 Å². The molecule has 1 aromatic carbocycles. The molecule has 86 valence electrons. The molecule has 0 bridgehead atoms. The quantitative estimate of drug-likeness (QED) is 0.372. The summed E-state index contributed by atoms with van der Waals surface area (Å²) in [4.78, 5) is 21.4. The topological polar surface area (TPSA) is 69.4 Å². The minimum Gasteiger partial charge on any atom is -0.465 e. The highest BCUT2D eigenvalue weighted by Gasteiger charge is 2.25. The van der Waals surface area contributed by atoms with Crippen LogP contribution in [0, 0.1) is 10.1 Å². The summed E-state index contributed by atoms with van der Waals surface area (Å²) >= 11 is 8.92. The van der Waals surface area contributed by atoms with Gasteiger partial charge in [-0.05, 0) is 17.7 Å². The van der Waals surface area contributed by atoms with Crippen molar-refractivity contribution < 1.29 is 14.5 Å². The lowest BCUT2D eigenvalue weighted by molar-refractivity contribution is -0.385. The summed E-state index contributed by atoms with van der Waals surface area (Å²) < 4.78 is 4.46. The Kier molecular flexibility index (Phi) is 4.26. The molecular weight excluding hydrogens is 301 g/mol. The third kappa shape index (κ3) is 2.51. The molecule has 0 aliphatic carbocycles. The van der Waals surface area contributed by atoms with Crippen molar-refractivity contribution in [1.82, 2.24) is 0 Å². The van der Waals surface area contributed by atoms with Gasteiger partial charge in [0.05, 0.1) is 12.0 Å². The number of nitro benzene ring substituents is 1. The molecule has 0 radical (unpaired) electrons. The highest BCUT2D eigenvalue weighted by atomic mass is 79.9. The Morgan fingerprint density at radius 2 is 2.25 bits per heavy atom. The summed E-state index contributed by atoms with van der Waals surface area (Å²) in [7, 11) is 1.15. The first-order valence-electron chi connectivity index (χ1n) is 4.12. The van der Waals surface area contributed by atoms with Crippen molar-refractivity contribution in [3.63, 3.8) is 0 Å². The highest BCUT2D eigenvalue weighted by molar-refractivity contribution is 9.08. The Labute approximate surface area is 105 Å². The zero-order valence-electron chi connectivity index (χ0n) is 8.20. The van der Waals surface area contributed by atoms with Crippen LogP contribution < -0.4 is 0 Å². The number of benzene rings is 1. The molecule has 0 aromatic heterocycles. The molecule has 1 aromatic rings. The van der Waals surface area contributed by atoms with E-state index in [0.29, 0.717) is 10.9 Å². The van der Waals surface area contributed by atoms with Gasteiger partial charge in [0.15, 0.2) is 0 Å². The zero-order valence-corrected chi connectivity index (χ0v) is 10.5. The molecule has 0 atom stereocenters. The number of carbonyl (C=O) groups excluding carboxylic acids is 1. The average Bonchev–Trinajstić information content (AvgIpc) is 2.26. The van der Waals surface area contributed by atoms with Gasteiger partial charge in [-0.1, -0.05) is 27.5 Å². The molecule has 0 fully saturated rings. The van der Waals surface area contributed by atoms with Crippen molar-refractivity contribution >= 4 is 39.2 Å². The summed E-state index contributed by atoms with van der Waals surface area (Å²) in [6.07, 6.45) is 0. The minimum atomic E-state index is -0.781. The van der Waals surface area contributed by atoms with Crippen LogP contribution in [-0.2, 0) is 10.1 Å². The van der Waals surface area contributed by atoms with Gasteiger partial charge in [-0.3, -0.25) is 10.1 Å². The van der Waals surface area contributed by atoms with E-state index in [0.717, 1.165) is 7.11 Å². The molecule has 0 unspecified atom stereocenters. The third-order valence-electron chi connectivity index (χ3n) is 1.87. The Morgan fingerprint density at radius 1 is 1.62 bits per heavy atom. The first-order valence-corrected chi connectivity index (χ1v) is 5.62. The van der Waals surface area contributed by atoms with Crippen LogP contribution in [0.4, 0.5) is 5.69 Å². The summed E-state index contributed by atoms with van der Waals surface area (Å²) in [6.45, 7) is 0. The van der Waals surface area contributed by atoms with Gasteiger partial charge in [-0.15, -0.1) is 0 Å². The molecule has 0 aliphatic heterocycles. The SMILES string of the molecule is COC(=O)c1cc(CBr)cc(Cl)c1[N+](=O)[O-]. The lowest BCUT2D eigenvalue weighted by Crippen LogP contribution is -2.07. The second kappa shape index (κ2) is 5.27. The maximum Gasteiger partial charge on any atom is 0.344 e. The molecule has 0 spiro atoms. The van der Waals surface area contributed by atoms with Gasteiger partial charge in [-0.25, -0.2) is 4.79 Å². The maximum atomic E-state index is 11.4. The molecule has 0 N–H and O–H groups in total. The van der Waals surface area contributed by atoms with Crippen molar-refractivity contribution in [3.8, 4) is 0 Å². The molecule has 16 heavy (non-hydrogen) atoms. The number of carbonyl (C=O) groups is 1. The van der Waals surface area contributed by atoms with Crippen LogP contribution in [0.2, 0.25) is 5.02 Å². The number of halogens is 2. The van der Waals surface area contributed by atoms with Gasteiger partial charge in [0.1, 0.15) is 10.6 Å². The molecule has 7 heteroatoms. The third-order valence-corrected chi connectivity index (χ3v) is 2.80. The fourth-order valence-electron chi connectivity index (χ4n) is 1.18. The Morgan fingerprint density at radius 3 is 2.69 bits per heavy atom. The molecule has 0 heterocycles. The average molecular weight is 309 g/mol. The Balaban J connectivity index is 3.46. The Hall–Kier alpha value is -1.14. The van der Waals surface area contributed by atoms with Gasteiger partial charge < -0.3 is 4.74 Å². The summed E-state index contributed by atoms with van der Waals surface area (Å²) in [6, 6.07) is 2.81. The van der Waals surface area contributed by atoms with Crippen molar-refractivity contribution in [1.29, 1.82) is 0 Å². The van der Waals surface area contributed by atoms with Crippen molar-refractivity contribution in [3.05, 3.63) is 38.4 Å². The number of methoxy groups -OCH3 is 1. The molecular formula is C9H7BrClNO4. The number of rotatable bonds is 3. The predicted octanol–water partition coefficient (Wildman–Crippen LogP) is 2.93. The molecule has 0 amide bonds. The van der Waals surface area contributed by atoms with Crippen LogP contribution in [0.25, 0.3) is 0 Å². The Bertz CT molecular complexity index is 449. The van der Waals surface area contributed by atoms with Gasteiger partial charge >= 0.3 is 11.7 Å². The van der Waals surface area contributed by atoms with Gasteiger partial charge in [-0.2, -0.15) is 0 Å². The maximum absolute atomic E-state index is 11.4. The highest BCUT2D eigenvalue weighted by Crippen LogP contribution is 2.31. The van der Waals surface area contributed by atoms with Gasteiger partial charge in [0.25, 0.3) is 0 Å². The van der Waals surface area contributed by atoms with Gasteiger partial charge in [0, 0.05) is 5.33 Å². The van der Waals surface area contributed by atoms with Crippen LogP contribution in [0.15, 0.2) is 12.1 Å². The molecule has 5 nitrogen and oxygen atoms in total. The number of nitrogens with zero attached hydrogens (tertiary/aromatic N) is 1. The van der Waals surface area contributed by atoms with Crippen LogP contribution in [0.3, 0.4) is 0 Å². The molecule has 0 aliphatic rings. The number of hydrogen-bond acceptors (Lipinski definition) is 4. The van der Waals surface area contributed by atoms with E-state index in [-0.39, 0.29) is 10.6 Å². The standard InChI is InChI=1S/C9H7BrClNO4/c1-16-9(13)6-2-5(4-10)3-7(11)8(6)12(14)15/h2-3H,4H2,1H3. The van der Waals surface area contributed by atoms with E-state index in [1.165, 1.54) is 12.1 Å². The lowest BCUT2D eigenvalue weighted by atomic mass is 10.1. The van der Waals surface area contributed by atoms with Crippen LogP contribution in [-0.4, -0.2) is 18.0 Å². The van der Waals surface area contributed by atoms with E-state index in [1.54, 1.807) is 0 Å². The largest absolute Gasteiger partial charge is 0.465 e. The van der Waals surface area contributed by atoms with Crippen LogP contribution in [0.1, 0.15) is 15.9 Å². The van der Waals surface area contributed by atoms with E-state index in [1.807, 2.05) is 0 Å².